The van der Waals surface area contributed by atoms with Crippen LogP contribution in [0.4, 0.5) is 5.69 Å². The van der Waals surface area contributed by atoms with Crippen LogP contribution in [0.2, 0.25) is 0 Å². The van der Waals surface area contributed by atoms with Gasteiger partial charge in [0.2, 0.25) is 0 Å². The quantitative estimate of drug-likeness (QED) is 0.769. The van der Waals surface area contributed by atoms with Crippen LogP contribution in [-0.2, 0) is 0 Å². The Hall–Kier alpha value is -3.08. The summed E-state index contributed by atoms with van der Waals surface area (Å²) in [6.45, 7) is 1.85. The molecule has 0 saturated carbocycles. The van der Waals surface area contributed by atoms with Gasteiger partial charge in [0.05, 0.1) is 0 Å². The highest BCUT2D eigenvalue weighted by Crippen LogP contribution is 2.22. The van der Waals surface area contributed by atoms with E-state index in [0.717, 1.165) is 11.4 Å². The van der Waals surface area contributed by atoms with Gasteiger partial charge in [0.1, 0.15) is 11.5 Å². The maximum Gasteiger partial charge on any atom is 0.276 e. The SMILES string of the molecule is Cc1cc(C(=O)Nc2ccc(Oc3ccccc3)cc2)n[nH]1. The Morgan fingerprint density at radius 3 is 2.36 bits per heavy atom. The monoisotopic (exact) mass is 293 g/mol. The molecule has 1 heterocycles. The molecule has 2 aromatic carbocycles. The van der Waals surface area contributed by atoms with E-state index < -0.39 is 0 Å². The lowest BCUT2D eigenvalue weighted by Gasteiger charge is -2.07. The molecule has 0 saturated heterocycles. The molecule has 0 spiro atoms. The lowest BCUT2D eigenvalue weighted by Crippen LogP contribution is -2.12. The second-order valence-electron chi connectivity index (χ2n) is 4.83. The average Bonchev–Trinajstić information content (AvgIpc) is 2.97. The Morgan fingerprint density at radius 2 is 1.73 bits per heavy atom. The number of hydrogen-bond donors (Lipinski definition) is 2. The van der Waals surface area contributed by atoms with Crippen molar-refractivity contribution in [2.75, 3.05) is 5.32 Å². The van der Waals surface area contributed by atoms with Crippen LogP contribution in [0.3, 0.4) is 0 Å². The van der Waals surface area contributed by atoms with E-state index in [1.54, 1.807) is 30.3 Å². The van der Waals surface area contributed by atoms with E-state index in [0.29, 0.717) is 17.1 Å². The first-order chi connectivity index (χ1) is 10.7. The van der Waals surface area contributed by atoms with Gasteiger partial charge < -0.3 is 10.1 Å². The fourth-order valence-corrected chi connectivity index (χ4v) is 1.96. The smallest absolute Gasteiger partial charge is 0.276 e. The normalized spacial score (nSPS) is 10.2. The Morgan fingerprint density at radius 1 is 1.05 bits per heavy atom. The van der Waals surface area contributed by atoms with E-state index in [4.69, 9.17) is 4.74 Å². The molecule has 0 aliphatic carbocycles. The zero-order valence-corrected chi connectivity index (χ0v) is 12.0. The number of amides is 1. The van der Waals surface area contributed by atoms with E-state index in [2.05, 4.69) is 15.5 Å². The van der Waals surface area contributed by atoms with E-state index >= 15 is 0 Å². The van der Waals surface area contributed by atoms with Gasteiger partial charge >= 0.3 is 0 Å². The number of aromatic nitrogens is 2. The van der Waals surface area contributed by atoms with Gasteiger partial charge in [-0.2, -0.15) is 5.10 Å². The lowest BCUT2D eigenvalue weighted by molar-refractivity contribution is 0.102. The van der Waals surface area contributed by atoms with Gasteiger partial charge in [-0.15, -0.1) is 0 Å². The van der Waals surface area contributed by atoms with Gasteiger partial charge in [0.25, 0.3) is 5.91 Å². The molecule has 1 aromatic heterocycles. The number of aryl methyl sites for hydroxylation is 1. The van der Waals surface area contributed by atoms with Crippen molar-refractivity contribution in [3.8, 4) is 11.5 Å². The van der Waals surface area contributed by atoms with E-state index in [1.807, 2.05) is 37.3 Å². The molecule has 0 bridgehead atoms. The molecule has 22 heavy (non-hydrogen) atoms. The molecular formula is C17H15N3O2. The van der Waals surface area contributed by atoms with Crippen molar-refractivity contribution >= 4 is 11.6 Å². The molecule has 2 N–H and O–H groups in total. The van der Waals surface area contributed by atoms with Crippen LogP contribution in [0.1, 0.15) is 16.2 Å². The Balaban J connectivity index is 1.65. The van der Waals surface area contributed by atoms with Crippen LogP contribution in [0.5, 0.6) is 11.5 Å². The number of rotatable bonds is 4. The third-order valence-electron chi connectivity index (χ3n) is 3.03. The second-order valence-corrected chi connectivity index (χ2v) is 4.83. The van der Waals surface area contributed by atoms with E-state index in [-0.39, 0.29) is 5.91 Å². The summed E-state index contributed by atoms with van der Waals surface area (Å²) in [4.78, 5) is 12.0. The first kappa shape index (κ1) is 13.9. The molecule has 1 amide bonds. The van der Waals surface area contributed by atoms with Crippen molar-refractivity contribution in [3.05, 3.63) is 72.1 Å². The minimum atomic E-state index is -0.249. The first-order valence-electron chi connectivity index (χ1n) is 6.87. The van der Waals surface area contributed by atoms with Crippen LogP contribution in [-0.4, -0.2) is 16.1 Å². The number of carbonyl (C=O) groups excluding carboxylic acids is 1. The van der Waals surface area contributed by atoms with Gasteiger partial charge in [-0.25, -0.2) is 0 Å². The number of carbonyl (C=O) groups is 1. The summed E-state index contributed by atoms with van der Waals surface area (Å²) >= 11 is 0. The lowest BCUT2D eigenvalue weighted by atomic mass is 10.2. The van der Waals surface area contributed by atoms with Crippen molar-refractivity contribution in [3.63, 3.8) is 0 Å². The maximum atomic E-state index is 12.0. The third kappa shape index (κ3) is 3.32. The average molecular weight is 293 g/mol. The van der Waals surface area contributed by atoms with E-state index in [1.165, 1.54) is 0 Å². The summed E-state index contributed by atoms with van der Waals surface area (Å²) in [5.74, 6) is 1.23. The third-order valence-corrected chi connectivity index (χ3v) is 3.03. The molecular weight excluding hydrogens is 278 g/mol. The highest BCUT2D eigenvalue weighted by Gasteiger charge is 2.09. The number of para-hydroxylation sites is 1. The topological polar surface area (TPSA) is 67.0 Å². The maximum absolute atomic E-state index is 12.0. The number of aromatic amines is 1. The summed E-state index contributed by atoms with van der Waals surface area (Å²) in [5, 5.41) is 9.45. The number of benzene rings is 2. The van der Waals surface area contributed by atoms with Crippen molar-refractivity contribution in [1.29, 1.82) is 0 Å². The van der Waals surface area contributed by atoms with E-state index in [9.17, 15) is 4.79 Å². The highest BCUT2D eigenvalue weighted by atomic mass is 16.5. The van der Waals surface area contributed by atoms with Gasteiger partial charge in [-0.3, -0.25) is 9.89 Å². The van der Waals surface area contributed by atoms with Crippen molar-refractivity contribution in [2.24, 2.45) is 0 Å². The summed E-state index contributed by atoms with van der Waals surface area (Å²) < 4.78 is 5.70. The van der Waals surface area contributed by atoms with Gasteiger partial charge in [0, 0.05) is 11.4 Å². The zero-order valence-electron chi connectivity index (χ0n) is 12.0. The van der Waals surface area contributed by atoms with Gasteiger partial charge in [0.15, 0.2) is 5.69 Å². The van der Waals surface area contributed by atoms with Gasteiger partial charge in [-0.05, 0) is 49.4 Å². The first-order valence-corrected chi connectivity index (χ1v) is 6.87. The van der Waals surface area contributed by atoms with Crippen molar-refractivity contribution < 1.29 is 9.53 Å². The number of ether oxygens (including phenoxy) is 1. The molecule has 5 nitrogen and oxygen atoms in total. The largest absolute Gasteiger partial charge is 0.457 e. The Labute approximate surface area is 127 Å². The number of H-pyrrole nitrogens is 1. The van der Waals surface area contributed by atoms with Gasteiger partial charge in [-0.1, -0.05) is 18.2 Å². The molecule has 5 heteroatoms. The van der Waals surface area contributed by atoms with Crippen molar-refractivity contribution in [1.82, 2.24) is 10.2 Å². The van der Waals surface area contributed by atoms with Crippen LogP contribution in [0, 0.1) is 6.92 Å². The predicted octanol–water partition coefficient (Wildman–Crippen LogP) is 3.76. The molecule has 0 unspecified atom stereocenters. The second kappa shape index (κ2) is 6.13. The number of nitrogens with one attached hydrogen (secondary N) is 2. The fraction of sp³-hybridized carbons (Fsp3) is 0.0588. The molecule has 0 radical (unpaired) electrons. The molecule has 0 fully saturated rings. The molecule has 3 rings (SSSR count). The minimum absolute atomic E-state index is 0.249. The molecule has 0 aliphatic rings. The summed E-state index contributed by atoms with van der Waals surface area (Å²) in [6, 6.07) is 18.4. The molecule has 0 atom stereocenters. The van der Waals surface area contributed by atoms with Crippen molar-refractivity contribution in [2.45, 2.75) is 6.92 Å². The van der Waals surface area contributed by atoms with Crippen LogP contribution >= 0.6 is 0 Å². The summed E-state index contributed by atoms with van der Waals surface area (Å²) in [6.07, 6.45) is 0. The number of anilines is 1. The number of nitrogens with zero attached hydrogens (tertiary/aromatic N) is 1. The van der Waals surface area contributed by atoms with Crippen LogP contribution in [0.15, 0.2) is 60.7 Å². The number of hydrogen-bond acceptors (Lipinski definition) is 3. The Kier molecular flexibility index (Phi) is 3.87. The highest BCUT2D eigenvalue weighted by molar-refractivity contribution is 6.02. The fourth-order valence-electron chi connectivity index (χ4n) is 1.96. The summed E-state index contributed by atoms with van der Waals surface area (Å²) in [7, 11) is 0. The summed E-state index contributed by atoms with van der Waals surface area (Å²) in [5.41, 5.74) is 1.89. The Bertz CT molecular complexity index is 764. The molecule has 3 aromatic rings. The van der Waals surface area contributed by atoms with Crippen LogP contribution in [0.25, 0.3) is 0 Å². The van der Waals surface area contributed by atoms with Crippen LogP contribution < -0.4 is 10.1 Å². The molecule has 0 aliphatic heterocycles. The molecule has 110 valence electrons. The standard InChI is InChI=1S/C17H15N3O2/c1-12-11-16(20-19-12)17(21)18-13-7-9-15(10-8-13)22-14-5-3-2-4-6-14/h2-11H,1H3,(H,18,21)(H,19,20). The zero-order chi connectivity index (χ0) is 15.4. The predicted molar refractivity (Wildman–Crippen MR) is 84.2 cm³/mol. The minimum Gasteiger partial charge on any atom is -0.457 e.